The molecule has 2 aromatic rings. The number of carboxylic acids is 2. The van der Waals surface area contributed by atoms with Crippen molar-refractivity contribution in [2.24, 2.45) is 0 Å². The fraction of sp³-hybridized carbons (Fsp3) is 0.455. The second kappa shape index (κ2) is 6.87. The third kappa shape index (κ3) is 2.85. The van der Waals surface area contributed by atoms with Crippen molar-refractivity contribution in [1.29, 1.82) is 0 Å². The van der Waals surface area contributed by atoms with Crippen molar-refractivity contribution in [1.82, 2.24) is 4.57 Å². The molecule has 1 aliphatic carbocycles. The van der Waals surface area contributed by atoms with Gasteiger partial charge in [0.25, 0.3) is 0 Å². The van der Waals surface area contributed by atoms with Crippen LogP contribution in [0.25, 0.3) is 11.1 Å². The maximum atomic E-state index is 12.6. The molecule has 0 bridgehead atoms. The Labute approximate surface area is 158 Å². The van der Waals surface area contributed by atoms with Crippen molar-refractivity contribution < 1.29 is 19.8 Å². The molecule has 1 aliphatic heterocycles. The lowest BCUT2D eigenvalue weighted by Crippen LogP contribution is -2.39. The third-order valence-corrected chi connectivity index (χ3v) is 6.25. The molecule has 0 amide bonds. The minimum absolute atomic E-state index is 0.121. The van der Waals surface area contributed by atoms with Gasteiger partial charge in [-0.3, -0.25) is 9.59 Å². The fourth-order valence-corrected chi connectivity index (χ4v) is 5.14. The Morgan fingerprint density at radius 2 is 1.70 bits per heavy atom. The van der Waals surface area contributed by atoms with E-state index in [9.17, 15) is 19.8 Å². The maximum Gasteiger partial charge on any atom is 0.314 e. The molecular weight excluding hydrogens is 342 g/mol. The Morgan fingerprint density at radius 3 is 2.33 bits per heavy atom. The van der Waals surface area contributed by atoms with Crippen molar-refractivity contribution in [3.05, 3.63) is 47.3 Å². The second-order valence-corrected chi connectivity index (χ2v) is 7.78. The summed E-state index contributed by atoms with van der Waals surface area (Å²) in [5, 5.41) is 19.9. The van der Waals surface area contributed by atoms with Gasteiger partial charge in [0.1, 0.15) is 0 Å². The minimum Gasteiger partial charge on any atom is -0.481 e. The first kappa shape index (κ1) is 17.8. The number of hydrogen-bond donors (Lipinski definition) is 2. The number of carbonyl (C=O) groups is 2. The first-order valence-electron chi connectivity index (χ1n) is 9.80. The van der Waals surface area contributed by atoms with Crippen molar-refractivity contribution in [3.8, 4) is 11.1 Å². The summed E-state index contributed by atoms with van der Waals surface area (Å²) >= 11 is 0. The SMILES string of the molecule is O=C(O)Cc1c(C2(C(=O)O)CCCCC2)c(-c2ccccc2)c2n1CCC2. The molecule has 0 unspecified atom stereocenters. The molecule has 27 heavy (non-hydrogen) atoms. The molecule has 2 heterocycles. The molecule has 2 N–H and O–H groups in total. The summed E-state index contributed by atoms with van der Waals surface area (Å²) in [7, 11) is 0. The average Bonchev–Trinajstić information content (AvgIpc) is 3.24. The van der Waals surface area contributed by atoms with Crippen LogP contribution in [0.1, 0.15) is 55.5 Å². The Bertz CT molecular complexity index is 875. The Balaban J connectivity index is 2.04. The van der Waals surface area contributed by atoms with Crippen LogP contribution in [0.3, 0.4) is 0 Å². The summed E-state index contributed by atoms with van der Waals surface area (Å²) in [5.74, 6) is -1.71. The lowest BCUT2D eigenvalue weighted by molar-refractivity contribution is -0.145. The Morgan fingerprint density at radius 1 is 1.00 bits per heavy atom. The third-order valence-electron chi connectivity index (χ3n) is 6.25. The number of fused-ring (bicyclic) bond motifs is 1. The minimum atomic E-state index is -0.981. The normalized spacial score (nSPS) is 18.2. The molecule has 1 saturated carbocycles. The van der Waals surface area contributed by atoms with Gasteiger partial charge in [-0.1, -0.05) is 49.6 Å². The number of rotatable bonds is 5. The van der Waals surface area contributed by atoms with Crippen LogP contribution in [-0.4, -0.2) is 26.7 Å². The van der Waals surface area contributed by atoms with Gasteiger partial charge >= 0.3 is 11.9 Å². The van der Waals surface area contributed by atoms with E-state index in [1.165, 1.54) is 0 Å². The van der Waals surface area contributed by atoms with Crippen LogP contribution in [0, 0.1) is 0 Å². The first-order valence-corrected chi connectivity index (χ1v) is 9.80. The van der Waals surface area contributed by atoms with E-state index in [1.807, 2.05) is 30.3 Å². The van der Waals surface area contributed by atoms with E-state index < -0.39 is 17.4 Å². The molecule has 0 saturated heterocycles. The van der Waals surface area contributed by atoms with E-state index in [0.717, 1.165) is 61.0 Å². The van der Waals surface area contributed by atoms with Gasteiger partial charge < -0.3 is 14.8 Å². The van der Waals surface area contributed by atoms with E-state index in [-0.39, 0.29) is 6.42 Å². The molecule has 142 valence electrons. The number of aromatic nitrogens is 1. The summed E-state index contributed by atoms with van der Waals surface area (Å²) in [6, 6.07) is 9.90. The summed E-state index contributed by atoms with van der Waals surface area (Å²) in [4.78, 5) is 24.2. The van der Waals surface area contributed by atoms with Crippen LogP contribution in [0.5, 0.6) is 0 Å². The second-order valence-electron chi connectivity index (χ2n) is 7.78. The molecule has 0 spiro atoms. The zero-order chi connectivity index (χ0) is 19.0. The molecule has 0 atom stereocenters. The van der Waals surface area contributed by atoms with E-state index in [0.29, 0.717) is 18.5 Å². The Kier molecular flexibility index (Phi) is 4.54. The summed E-state index contributed by atoms with van der Waals surface area (Å²) in [6.07, 6.45) is 5.66. The molecule has 4 rings (SSSR count). The number of nitrogens with zero attached hydrogens (tertiary/aromatic N) is 1. The number of aliphatic carboxylic acids is 2. The lowest BCUT2D eigenvalue weighted by atomic mass is 9.67. The predicted molar refractivity (Wildman–Crippen MR) is 102 cm³/mol. The van der Waals surface area contributed by atoms with Crippen LogP contribution in [0.4, 0.5) is 0 Å². The van der Waals surface area contributed by atoms with Crippen LogP contribution in [0.15, 0.2) is 30.3 Å². The zero-order valence-corrected chi connectivity index (χ0v) is 15.4. The van der Waals surface area contributed by atoms with Crippen LogP contribution in [0.2, 0.25) is 0 Å². The molecule has 5 nitrogen and oxygen atoms in total. The van der Waals surface area contributed by atoms with Gasteiger partial charge in [-0.2, -0.15) is 0 Å². The van der Waals surface area contributed by atoms with Gasteiger partial charge in [0.15, 0.2) is 0 Å². The van der Waals surface area contributed by atoms with Gasteiger partial charge in [0.2, 0.25) is 0 Å². The molecule has 1 aromatic heterocycles. The van der Waals surface area contributed by atoms with Gasteiger partial charge in [-0.15, -0.1) is 0 Å². The standard InChI is InChI=1S/C22H25NO4/c24-18(25)14-17-20(22(21(26)27)11-5-2-6-12-22)19(15-8-3-1-4-9-15)16-10-7-13-23(16)17/h1,3-4,8-9H,2,5-7,10-14H2,(H,24,25)(H,26,27). The van der Waals surface area contributed by atoms with Crippen molar-refractivity contribution in [2.75, 3.05) is 0 Å². The summed E-state index contributed by atoms with van der Waals surface area (Å²) in [6.45, 7) is 0.771. The monoisotopic (exact) mass is 367 g/mol. The van der Waals surface area contributed by atoms with Crippen molar-refractivity contribution in [2.45, 2.75) is 63.3 Å². The molecule has 1 aromatic carbocycles. The quantitative estimate of drug-likeness (QED) is 0.837. The van der Waals surface area contributed by atoms with Gasteiger partial charge in [-0.25, -0.2) is 0 Å². The number of carboxylic acid groups (broad SMARTS) is 2. The molecule has 1 fully saturated rings. The maximum absolute atomic E-state index is 12.6. The fourth-order valence-electron chi connectivity index (χ4n) is 5.14. The number of benzene rings is 1. The topological polar surface area (TPSA) is 79.5 Å². The highest BCUT2D eigenvalue weighted by atomic mass is 16.4. The van der Waals surface area contributed by atoms with Crippen molar-refractivity contribution in [3.63, 3.8) is 0 Å². The van der Waals surface area contributed by atoms with Crippen molar-refractivity contribution >= 4 is 11.9 Å². The average molecular weight is 367 g/mol. The van der Waals surface area contributed by atoms with E-state index in [4.69, 9.17) is 0 Å². The highest BCUT2D eigenvalue weighted by Crippen LogP contribution is 2.49. The highest BCUT2D eigenvalue weighted by molar-refractivity contribution is 5.89. The Hall–Kier alpha value is -2.56. The van der Waals surface area contributed by atoms with E-state index in [1.54, 1.807) is 0 Å². The molecular formula is C22H25NO4. The van der Waals surface area contributed by atoms with Crippen LogP contribution < -0.4 is 0 Å². The molecule has 0 radical (unpaired) electrons. The predicted octanol–water partition coefficient (Wildman–Crippen LogP) is 4.01. The van der Waals surface area contributed by atoms with Gasteiger partial charge in [0.05, 0.1) is 11.8 Å². The first-order chi connectivity index (χ1) is 13.0. The van der Waals surface area contributed by atoms with Gasteiger partial charge in [0, 0.05) is 23.5 Å². The smallest absolute Gasteiger partial charge is 0.314 e. The molecule has 5 heteroatoms. The summed E-state index contributed by atoms with van der Waals surface area (Å²) < 4.78 is 2.10. The van der Waals surface area contributed by atoms with Crippen LogP contribution >= 0.6 is 0 Å². The van der Waals surface area contributed by atoms with Crippen LogP contribution in [-0.2, 0) is 34.4 Å². The van der Waals surface area contributed by atoms with E-state index in [2.05, 4.69) is 4.57 Å². The van der Waals surface area contributed by atoms with E-state index >= 15 is 0 Å². The highest BCUT2D eigenvalue weighted by Gasteiger charge is 2.47. The zero-order valence-electron chi connectivity index (χ0n) is 15.4. The summed E-state index contributed by atoms with van der Waals surface area (Å²) in [5.41, 5.74) is 3.59. The van der Waals surface area contributed by atoms with Gasteiger partial charge in [-0.05, 0) is 36.8 Å². The largest absolute Gasteiger partial charge is 0.481 e. The molecule has 2 aliphatic rings. The number of hydrogen-bond acceptors (Lipinski definition) is 2. The lowest BCUT2D eigenvalue weighted by Gasteiger charge is -2.35.